The third kappa shape index (κ3) is 3.53. The molecule has 1 N–H and O–H groups in total. The summed E-state index contributed by atoms with van der Waals surface area (Å²) in [5, 5.41) is 3.56. The molecule has 8 rings (SSSR count). The van der Waals surface area contributed by atoms with E-state index < -0.39 is 0 Å². The number of nitrogens with zero attached hydrogens (tertiary/aromatic N) is 1. The van der Waals surface area contributed by atoms with Gasteiger partial charge in [0.1, 0.15) is 7.85 Å². The Balaban J connectivity index is 1.06. The van der Waals surface area contributed by atoms with E-state index in [1.165, 1.54) is 43.1 Å². The number of amides is 2. The largest absolute Gasteiger partial charge is 0.335 e. The molecule has 2 amide bonds. The molecule has 4 bridgehead atoms. The third-order valence-electron chi connectivity index (χ3n) is 11.5. The summed E-state index contributed by atoms with van der Waals surface area (Å²) >= 11 is 0. The van der Waals surface area contributed by atoms with Crippen molar-refractivity contribution in [2.24, 2.45) is 29.1 Å². The van der Waals surface area contributed by atoms with Crippen LogP contribution >= 0.6 is 0 Å². The van der Waals surface area contributed by atoms with Crippen molar-refractivity contribution in [3.05, 3.63) is 29.3 Å². The number of ether oxygens (including phenoxy) is 2. The number of fused-ring (bicyclic) bond motifs is 2. The maximum Gasteiger partial charge on any atom is 0.317 e. The summed E-state index contributed by atoms with van der Waals surface area (Å²) in [6.07, 6.45) is 9.84. The van der Waals surface area contributed by atoms with Crippen LogP contribution in [-0.2, 0) is 14.9 Å². The van der Waals surface area contributed by atoms with Gasteiger partial charge in [-0.15, -0.1) is 0 Å². The van der Waals surface area contributed by atoms with Crippen molar-refractivity contribution in [3.63, 3.8) is 0 Å². The van der Waals surface area contributed by atoms with Crippen LogP contribution in [0.3, 0.4) is 0 Å². The van der Waals surface area contributed by atoms with E-state index in [-0.39, 0.29) is 29.4 Å². The van der Waals surface area contributed by atoms with Crippen LogP contribution < -0.4 is 10.8 Å². The molecule has 1 aromatic carbocycles. The highest BCUT2D eigenvalue weighted by Crippen LogP contribution is 2.59. The molecular weight excluding hydrogens is 447 g/mol. The average molecular weight is 490 g/mol. The molecular formula is C30H43BN2O3. The number of nitrogens with one attached hydrogen (secondary N) is 1. The predicted molar refractivity (Wildman–Crippen MR) is 143 cm³/mol. The molecule has 5 nitrogen and oxygen atoms in total. The van der Waals surface area contributed by atoms with Crippen molar-refractivity contribution in [3.8, 4) is 0 Å². The topological polar surface area (TPSA) is 50.8 Å². The number of carbonyl (C=O) groups is 1. The molecule has 4 saturated carbocycles. The second kappa shape index (κ2) is 8.24. The molecule has 0 aromatic heterocycles. The maximum absolute atomic E-state index is 13.5. The van der Waals surface area contributed by atoms with Crippen molar-refractivity contribution in [1.29, 1.82) is 0 Å². The van der Waals surface area contributed by atoms with Gasteiger partial charge >= 0.3 is 6.03 Å². The van der Waals surface area contributed by atoms with Crippen LogP contribution in [0.2, 0.25) is 0 Å². The van der Waals surface area contributed by atoms with Gasteiger partial charge < -0.3 is 19.7 Å². The molecule has 1 aromatic rings. The lowest BCUT2D eigenvalue weighted by Crippen LogP contribution is -2.59. The standard InChI is InChI=1S/C30H43BN2O3/c1-17-35-27(36-17)29(2,3)23-16-30(25-22(23)5-4-6-24(25)31)7-9-33(10-8-30)28(34)32-26-20-12-18-11-19(14-20)15-21(26)13-18/h4-6,17-21,23,26-27H,7-16,31H2,1-3H3,(H,32,34). The van der Waals surface area contributed by atoms with Gasteiger partial charge in [-0.25, -0.2) is 4.79 Å². The maximum atomic E-state index is 13.5. The first-order valence-electron chi connectivity index (χ1n) is 14.7. The highest BCUT2D eigenvalue weighted by molar-refractivity contribution is 6.33. The van der Waals surface area contributed by atoms with Crippen LogP contribution in [0.5, 0.6) is 0 Å². The second-order valence-corrected chi connectivity index (χ2v) is 14.0. The molecule has 2 heterocycles. The molecule has 2 saturated heterocycles. The number of piperidine rings is 1. The summed E-state index contributed by atoms with van der Waals surface area (Å²) in [4.78, 5) is 15.6. The number of benzene rings is 1. The zero-order valence-electron chi connectivity index (χ0n) is 22.6. The lowest BCUT2D eigenvalue weighted by Gasteiger charge is -2.54. The second-order valence-electron chi connectivity index (χ2n) is 14.0. The summed E-state index contributed by atoms with van der Waals surface area (Å²) < 4.78 is 12.0. The Morgan fingerprint density at radius 2 is 1.69 bits per heavy atom. The SMILES string of the molecule is Bc1cccc2c1C1(CCN(C(=O)NC3C4CC5CC(C4)CC3C5)CC1)CC2C(C)(C)C1OC(C)O1. The lowest BCUT2D eigenvalue weighted by atomic mass is 9.54. The highest BCUT2D eigenvalue weighted by atomic mass is 16.9. The van der Waals surface area contributed by atoms with Crippen molar-refractivity contribution >= 4 is 19.3 Å². The normalized spacial score (nSPS) is 40.2. The Labute approximate surface area is 217 Å². The van der Waals surface area contributed by atoms with Gasteiger partial charge in [-0.3, -0.25) is 0 Å². The zero-order valence-corrected chi connectivity index (χ0v) is 22.6. The summed E-state index contributed by atoms with van der Waals surface area (Å²) in [7, 11) is 2.28. The van der Waals surface area contributed by atoms with Crippen molar-refractivity contribution in [1.82, 2.24) is 10.2 Å². The van der Waals surface area contributed by atoms with Gasteiger partial charge in [-0.1, -0.05) is 37.5 Å². The van der Waals surface area contributed by atoms with Gasteiger partial charge in [0.2, 0.25) is 0 Å². The Morgan fingerprint density at radius 3 is 2.31 bits per heavy atom. The van der Waals surface area contributed by atoms with Crippen molar-refractivity contribution in [2.45, 2.75) is 102 Å². The van der Waals surface area contributed by atoms with Gasteiger partial charge in [0.15, 0.2) is 12.6 Å². The van der Waals surface area contributed by atoms with Gasteiger partial charge in [-0.05, 0) is 104 Å². The van der Waals surface area contributed by atoms with Gasteiger partial charge in [0.25, 0.3) is 0 Å². The zero-order chi connectivity index (χ0) is 24.8. The van der Waals surface area contributed by atoms with Crippen molar-refractivity contribution in [2.75, 3.05) is 13.1 Å². The minimum Gasteiger partial charge on any atom is -0.335 e. The number of hydrogen-bond donors (Lipinski definition) is 1. The van der Waals surface area contributed by atoms with Crippen LogP contribution in [0.4, 0.5) is 4.79 Å². The molecule has 6 fully saturated rings. The van der Waals surface area contributed by atoms with Gasteiger partial charge in [-0.2, -0.15) is 0 Å². The van der Waals surface area contributed by atoms with Crippen LogP contribution in [-0.4, -0.2) is 50.5 Å². The summed E-state index contributed by atoms with van der Waals surface area (Å²) in [6.45, 7) is 8.31. The quantitative estimate of drug-likeness (QED) is 0.651. The number of urea groups is 1. The molecule has 194 valence electrons. The van der Waals surface area contributed by atoms with E-state index in [1.54, 1.807) is 5.56 Å². The summed E-state index contributed by atoms with van der Waals surface area (Å²) in [6, 6.07) is 7.46. The first kappa shape index (κ1) is 23.6. The molecule has 2 aliphatic heterocycles. The van der Waals surface area contributed by atoms with Gasteiger partial charge in [0, 0.05) is 24.5 Å². The highest BCUT2D eigenvalue weighted by Gasteiger charge is 2.55. The number of hydrogen-bond acceptors (Lipinski definition) is 3. The minimum atomic E-state index is -0.145. The van der Waals surface area contributed by atoms with E-state index in [9.17, 15) is 4.79 Å². The van der Waals surface area contributed by atoms with Crippen LogP contribution in [0.25, 0.3) is 0 Å². The average Bonchev–Trinajstić information content (AvgIpc) is 3.15. The van der Waals surface area contributed by atoms with Gasteiger partial charge in [0.05, 0.1) is 0 Å². The van der Waals surface area contributed by atoms with Crippen molar-refractivity contribution < 1.29 is 14.3 Å². The van der Waals surface area contributed by atoms with E-state index in [2.05, 4.69) is 50.1 Å². The van der Waals surface area contributed by atoms with Crippen LogP contribution in [0.15, 0.2) is 18.2 Å². The van der Waals surface area contributed by atoms with E-state index in [4.69, 9.17) is 9.47 Å². The Kier molecular flexibility index (Phi) is 5.39. The minimum absolute atomic E-state index is 0.0907. The van der Waals surface area contributed by atoms with E-state index >= 15 is 0 Å². The lowest BCUT2D eigenvalue weighted by molar-refractivity contribution is -0.409. The van der Waals surface area contributed by atoms with Crippen LogP contribution in [0, 0.1) is 29.1 Å². The fourth-order valence-corrected chi connectivity index (χ4v) is 9.83. The number of likely N-dealkylation sites (tertiary alicyclic amines) is 1. The Hall–Kier alpha value is -1.53. The predicted octanol–water partition coefficient (Wildman–Crippen LogP) is 4.05. The van der Waals surface area contributed by atoms with E-state index in [1.807, 2.05) is 6.92 Å². The molecule has 7 aliphatic rings. The van der Waals surface area contributed by atoms with E-state index in [0.29, 0.717) is 12.0 Å². The molecule has 6 heteroatoms. The number of carbonyl (C=O) groups excluding carboxylic acids is 1. The monoisotopic (exact) mass is 490 g/mol. The molecule has 36 heavy (non-hydrogen) atoms. The summed E-state index contributed by atoms with van der Waals surface area (Å²) in [5.74, 6) is 3.74. The smallest absolute Gasteiger partial charge is 0.317 e. The fourth-order valence-electron chi connectivity index (χ4n) is 9.83. The Bertz CT molecular complexity index is 1010. The molecule has 1 spiro atoms. The summed E-state index contributed by atoms with van der Waals surface area (Å²) in [5.41, 5.74) is 4.50. The molecule has 5 aliphatic carbocycles. The molecule has 1 atom stereocenters. The first-order valence-corrected chi connectivity index (χ1v) is 14.7. The van der Waals surface area contributed by atoms with Crippen LogP contribution in [0.1, 0.15) is 89.2 Å². The van der Waals surface area contributed by atoms with E-state index in [0.717, 1.165) is 56.0 Å². The third-order valence-corrected chi connectivity index (χ3v) is 11.5. The Morgan fingerprint density at radius 1 is 1.06 bits per heavy atom. The first-order chi connectivity index (χ1) is 17.2. The molecule has 1 unspecified atom stereocenters. The molecule has 0 radical (unpaired) electrons. The fraction of sp³-hybridized carbons (Fsp3) is 0.767. The number of rotatable bonds is 3.